The number of hydrogen-bond acceptors (Lipinski definition) is 6. The minimum absolute atomic E-state index is 0.127. The van der Waals surface area contributed by atoms with Gasteiger partial charge in [-0.15, -0.1) is 0 Å². The molecule has 1 N–H and O–H groups in total. The number of fused-ring (bicyclic) bond motifs is 1. The maximum Gasteiger partial charge on any atom is 0.322 e. The molecule has 2 rings (SSSR count). The third-order valence-corrected chi connectivity index (χ3v) is 5.21. The number of hydrogen-bond donors (Lipinski definition) is 1. The Balaban J connectivity index is 2.09. The Hall–Kier alpha value is -1.41. The molecule has 7 nitrogen and oxygen atoms in total. The van der Waals surface area contributed by atoms with Gasteiger partial charge in [0, 0.05) is 24.7 Å². The second-order valence-corrected chi connectivity index (χ2v) is 7.20. The Kier molecular flexibility index (Phi) is 4.38. The zero-order valence-electron chi connectivity index (χ0n) is 12.7. The van der Waals surface area contributed by atoms with Crippen LogP contribution in [-0.4, -0.2) is 56.6 Å². The van der Waals surface area contributed by atoms with Crippen LogP contribution in [0.5, 0.6) is 0 Å². The number of esters is 1. The van der Waals surface area contributed by atoms with Crippen LogP contribution in [0, 0.1) is 0 Å². The molecule has 1 saturated heterocycles. The van der Waals surface area contributed by atoms with Crippen molar-refractivity contribution < 1.29 is 17.9 Å². The highest BCUT2D eigenvalue weighted by Crippen LogP contribution is 2.31. The molecular formula is C13H21N3O4S. The minimum atomic E-state index is -3.68. The van der Waals surface area contributed by atoms with Crippen LogP contribution in [0.4, 0.5) is 0 Å². The molecule has 2 unspecified atom stereocenters. The van der Waals surface area contributed by atoms with E-state index in [2.05, 4.69) is 14.5 Å². The summed E-state index contributed by atoms with van der Waals surface area (Å²) in [6.07, 6.45) is 0.615. The van der Waals surface area contributed by atoms with Crippen molar-refractivity contribution in [1.29, 1.82) is 0 Å². The fourth-order valence-corrected chi connectivity index (χ4v) is 3.89. The number of carbonyl (C=O) groups is 1. The maximum atomic E-state index is 11.9. The molecule has 0 aromatic rings. The summed E-state index contributed by atoms with van der Waals surface area (Å²) >= 11 is 0. The number of rotatable bonds is 4. The van der Waals surface area contributed by atoms with Crippen molar-refractivity contribution in [2.24, 2.45) is 4.99 Å². The van der Waals surface area contributed by atoms with Crippen molar-refractivity contribution in [2.45, 2.75) is 39.3 Å². The fourth-order valence-electron chi connectivity index (χ4n) is 2.72. The number of methoxy groups -OCH3 is 1. The zero-order chi connectivity index (χ0) is 15.8. The second kappa shape index (κ2) is 5.76. The van der Waals surface area contributed by atoms with Gasteiger partial charge in [0.25, 0.3) is 0 Å². The lowest BCUT2D eigenvalue weighted by Gasteiger charge is -2.28. The number of carbonyl (C=O) groups excluding carboxylic acids is 1. The van der Waals surface area contributed by atoms with E-state index >= 15 is 0 Å². The Morgan fingerprint density at radius 2 is 2.14 bits per heavy atom. The smallest absolute Gasteiger partial charge is 0.322 e. The van der Waals surface area contributed by atoms with Gasteiger partial charge in [-0.3, -0.25) is 9.79 Å². The van der Waals surface area contributed by atoms with Crippen molar-refractivity contribution in [1.82, 2.24) is 9.62 Å². The quantitative estimate of drug-likeness (QED) is 0.751. The van der Waals surface area contributed by atoms with E-state index < -0.39 is 21.7 Å². The van der Waals surface area contributed by atoms with Crippen molar-refractivity contribution in [3.05, 3.63) is 11.3 Å². The molecule has 0 spiro atoms. The lowest BCUT2D eigenvalue weighted by Crippen LogP contribution is -2.41. The summed E-state index contributed by atoms with van der Waals surface area (Å²) in [6.45, 7) is 6.51. The van der Waals surface area contributed by atoms with Crippen LogP contribution in [0.3, 0.4) is 0 Å². The minimum Gasteiger partial charge on any atom is -0.468 e. The maximum absolute atomic E-state index is 11.9. The number of amidine groups is 1. The molecule has 1 fully saturated rings. The first-order valence-corrected chi connectivity index (χ1v) is 8.47. The molecule has 0 radical (unpaired) electrons. The van der Waals surface area contributed by atoms with Gasteiger partial charge >= 0.3 is 5.97 Å². The van der Waals surface area contributed by atoms with Gasteiger partial charge in [-0.05, 0) is 26.3 Å². The predicted molar refractivity (Wildman–Crippen MR) is 79.3 cm³/mol. The van der Waals surface area contributed by atoms with E-state index in [1.54, 1.807) is 0 Å². The number of ether oxygens (including phenoxy) is 1. The third kappa shape index (κ3) is 3.44. The Morgan fingerprint density at radius 3 is 2.76 bits per heavy atom. The van der Waals surface area contributed by atoms with Crippen LogP contribution < -0.4 is 4.72 Å². The lowest BCUT2D eigenvalue weighted by atomic mass is 10.0. The molecule has 0 amide bonds. The highest BCUT2D eigenvalue weighted by molar-refractivity contribution is 7.90. The summed E-state index contributed by atoms with van der Waals surface area (Å²) in [6, 6.07) is -0.123. The molecule has 0 aliphatic carbocycles. The summed E-state index contributed by atoms with van der Waals surface area (Å²) in [5.41, 5.74) is 2.29. The molecule has 0 aromatic heterocycles. The molecule has 2 aliphatic heterocycles. The van der Waals surface area contributed by atoms with Crippen LogP contribution in [-0.2, 0) is 19.6 Å². The average molecular weight is 315 g/mol. The SMILES string of the molecule is COC(=O)CS(=O)(=O)NC1CC2=C(C)C(C)N=C(C)N2C1. The predicted octanol–water partition coefficient (Wildman–Crippen LogP) is 0.248. The van der Waals surface area contributed by atoms with Crippen LogP contribution in [0.1, 0.15) is 27.2 Å². The zero-order valence-corrected chi connectivity index (χ0v) is 13.5. The van der Waals surface area contributed by atoms with Gasteiger partial charge in [0.05, 0.1) is 13.2 Å². The third-order valence-electron chi connectivity index (χ3n) is 3.90. The first-order chi connectivity index (χ1) is 9.73. The van der Waals surface area contributed by atoms with Crippen LogP contribution in [0.15, 0.2) is 16.3 Å². The molecule has 0 bridgehead atoms. The highest BCUT2D eigenvalue weighted by atomic mass is 32.2. The van der Waals surface area contributed by atoms with E-state index in [1.165, 1.54) is 7.11 Å². The lowest BCUT2D eigenvalue weighted by molar-refractivity contribution is -0.137. The van der Waals surface area contributed by atoms with Crippen molar-refractivity contribution in [2.75, 3.05) is 19.4 Å². The largest absolute Gasteiger partial charge is 0.468 e. The van der Waals surface area contributed by atoms with Gasteiger partial charge in [0.15, 0.2) is 5.75 Å². The summed E-state index contributed by atoms with van der Waals surface area (Å²) < 4.78 is 30.8. The Morgan fingerprint density at radius 1 is 1.48 bits per heavy atom. The fraction of sp³-hybridized carbons (Fsp3) is 0.692. The molecule has 21 heavy (non-hydrogen) atoms. The molecule has 0 aromatic carbocycles. The molecule has 8 heteroatoms. The summed E-state index contributed by atoms with van der Waals surface area (Å²) in [7, 11) is -2.51. The van der Waals surface area contributed by atoms with E-state index in [9.17, 15) is 13.2 Å². The van der Waals surface area contributed by atoms with E-state index in [0.717, 1.165) is 17.1 Å². The van der Waals surface area contributed by atoms with Crippen LogP contribution >= 0.6 is 0 Å². The van der Waals surface area contributed by atoms with Gasteiger partial charge in [-0.2, -0.15) is 0 Å². The number of nitrogens with zero attached hydrogens (tertiary/aromatic N) is 2. The number of sulfonamides is 1. The van der Waals surface area contributed by atoms with Gasteiger partial charge < -0.3 is 9.64 Å². The summed E-state index contributed by atoms with van der Waals surface area (Å²) in [5.74, 6) is -0.514. The average Bonchev–Trinajstić information content (AvgIpc) is 2.79. The van der Waals surface area contributed by atoms with E-state index in [0.29, 0.717) is 13.0 Å². The molecule has 0 saturated carbocycles. The standard InChI is InChI=1S/C13H21N3O4S/c1-8-9(2)14-10(3)16-6-11(5-12(8)16)15-21(18,19)7-13(17)20-4/h9,11,15H,5-7H2,1-4H3. The number of aliphatic imine (C=N–C) groups is 1. The Bertz CT molecular complexity index is 609. The van der Waals surface area contributed by atoms with Gasteiger partial charge in [-0.1, -0.05) is 0 Å². The van der Waals surface area contributed by atoms with Crippen LogP contribution in [0.25, 0.3) is 0 Å². The normalized spacial score (nSPS) is 25.7. The van der Waals surface area contributed by atoms with E-state index in [-0.39, 0.29) is 12.1 Å². The monoisotopic (exact) mass is 315 g/mol. The van der Waals surface area contributed by atoms with Gasteiger partial charge in [-0.25, -0.2) is 13.1 Å². The van der Waals surface area contributed by atoms with Gasteiger partial charge in [0.1, 0.15) is 5.84 Å². The van der Waals surface area contributed by atoms with Crippen molar-refractivity contribution in [3.8, 4) is 0 Å². The molecule has 2 aliphatic rings. The molecular weight excluding hydrogens is 294 g/mol. The van der Waals surface area contributed by atoms with Crippen molar-refractivity contribution >= 4 is 21.8 Å². The number of nitrogens with one attached hydrogen (secondary N) is 1. The molecule has 118 valence electrons. The molecule has 2 atom stereocenters. The van der Waals surface area contributed by atoms with Gasteiger partial charge in [0.2, 0.25) is 10.0 Å². The van der Waals surface area contributed by atoms with Crippen LogP contribution in [0.2, 0.25) is 0 Å². The first kappa shape index (κ1) is 16.0. The second-order valence-electron chi connectivity index (χ2n) is 5.45. The topological polar surface area (TPSA) is 88.1 Å². The van der Waals surface area contributed by atoms with E-state index in [4.69, 9.17) is 0 Å². The van der Waals surface area contributed by atoms with Crippen molar-refractivity contribution in [3.63, 3.8) is 0 Å². The summed E-state index contributed by atoms with van der Waals surface area (Å²) in [4.78, 5) is 17.7. The highest BCUT2D eigenvalue weighted by Gasteiger charge is 2.35. The van der Waals surface area contributed by atoms with E-state index in [1.807, 2.05) is 25.7 Å². The summed E-state index contributed by atoms with van der Waals surface area (Å²) in [5, 5.41) is 0. The Labute approximate surface area is 125 Å². The first-order valence-electron chi connectivity index (χ1n) is 6.82. The molecule has 2 heterocycles.